The highest BCUT2D eigenvalue weighted by atomic mass is 19.4. The molecular weight excluding hydrogens is 405 g/mol. The van der Waals surface area contributed by atoms with Crippen LogP contribution in [0.1, 0.15) is 30.7 Å². The fourth-order valence-corrected chi connectivity index (χ4v) is 2.22. The molecule has 0 saturated heterocycles. The summed E-state index contributed by atoms with van der Waals surface area (Å²) in [6.07, 6.45) is -2.06. The van der Waals surface area contributed by atoms with Gasteiger partial charge in [0.15, 0.2) is 0 Å². The van der Waals surface area contributed by atoms with E-state index in [2.05, 4.69) is 15.6 Å². The Balaban J connectivity index is 0.000000553. The van der Waals surface area contributed by atoms with Crippen LogP contribution in [0.4, 0.5) is 18.9 Å². The molecule has 0 spiro atoms. The number of carboxylic acid groups (broad SMARTS) is 1. The van der Waals surface area contributed by atoms with Crippen LogP contribution in [0.25, 0.3) is 5.69 Å². The van der Waals surface area contributed by atoms with Crippen LogP contribution in [0.3, 0.4) is 0 Å². The second-order valence-corrected chi connectivity index (χ2v) is 6.21. The lowest BCUT2D eigenvalue weighted by Crippen LogP contribution is -2.21. The Morgan fingerprint density at radius 1 is 1.07 bits per heavy atom. The zero-order valence-electron chi connectivity index (χ0n) is 16.7. The smallest absolute Gasteiger partial charge is 0.475 e. The van der Waals surface area contributed by atoms with E-state index in [-0.39, 0.29) is 11.8 Å². The van der Waals surface area contributed by atoms with Gasteiger partial charge in [-0.1, -0.05) is 0 Å². The molecule has 1 aromatic heterocycles. The molecule has 0 bridgehead atoms. The van der Waals surface area contributed by atoms with Gasteiger partial charge in [-0.05, 0) is 44.5 Å². The van der Waals surface area contributed by atoms with Crippen molar-refractivity contribution in [2.45, 2.75) is 39.3 Å². The fraction of sp³-hybridized carbons (Fsp3) is 0.368. The first-order chi connectivity index (χ1) is 14.0. The number of carbonyl (C=O) groups is 3. The number of aliphatic carboxylic acids is 1. The van der Waals surface area contributed by atoms with Gasteiger partial charge < -0.3 is 20.3 Å². The van der Waals surface area contributed by atoms with E-state index in [4.69, 9.17) is 9.90 Å². The molecule has 0 aliphatic rings. The van der Waals surface area contributed by atoms with Crippen LogP contribution in [0.5, 0.6) is 0 Å². The monoisotopic (exact) mass is 428 g/mol. The van der Waals surface area contributed by atoms with E-state index >= 15 is 0 Å². The van der Waals surface area contributed by atoms with Crippen LogP contribution >= 0.6 is 0 Å². The summed E-state index contributed by atoms with van der Waals surface area (Å²) >= 11 is 0. The molecule has 30 heavy (non-hydrogen) atoms. The minimum atomic E-state index is -5.08. The minimum Gasteiger partial charge on any atom is -0.475 e. The molecule has 1 aromatic carbocycles. The van der Waals surface area contributed by atoms with Crippen molar-refractivity contribution in [3.8, 4) is 5.69 Å². The van der Waals surface area contributed by atoms with Crippen LogP contribution in [0, 0.1) is 13.8 Å². The highest BCUT2D eigenvalue weighted by Gasteiger charge is 2.38. The third-order valence-corrected chi connectivity index (χ3v) is 4.01. The molecule has 11 heteroatoms. The Labute approximate surface area is 171 Å². The number of halogens is 3. The minimum absolute atomic E-state index is 0.0480. The SMILES string of the molecule is CNC(=O)CCCC(=O)Nc1ccc(-n2cnc(C)c2C)cc1.O=C(O)C(F)(F)F. The summed E-state index contributed by atoms with van der Waals surface area (Å²) in [4.78, 5) is 36.1. The predicted molar refractivity (Wildman–Crippen MR) is 103 cm³/mol. The Hall–Kier alpha value is -3.37. The topological polar surface area (TPSA) is 113 Å². The number of hydrogen-bond donors (Lipinski definition) is 3. The zero-order valence-corrected chi connectivity index (χ0v) is 16.7. The molecule has 0 aliphatic carbocycles. The van der Waals surface area contributed by atoms with E-state index in [1.807, 2.05) is 42.7 Å². The third-order valence-electron chi connectivity index (χ3n) is 4.01. The van der Waals surface area contributed by atoms with Gasteiger partial charge >= 0.3 is 12.1 Å². The maximum atomic E-state index is 11.8. The molecule has 8 nitrogen and oxygen atoms in total. The van der Waals surface area contributed by atoms with Gasteiger partial charge in [0.1, 0.15) is 0 Å². The molecule has 3 N–H and O–H groups in total. The van der Waals surface area contributed by atoms with Crippen molar-refractivity contribution in [3.05, 3.63) is 42.0 Å². The van der Waals surface area contributed by atoms with Crippen LogP contribution < -0.4 is 10.6 Å². The van der Waals surface area contributed by atoms with Crippen molar-refractivity contribution >= 4 is 23.5 Å². The van der Waals surface area contributed by atoms with Crippen molar-refractivity contribution in [2.24, 2.45) is 0 Å². The summed E-state index contributed by atoms with van der Waals surface area (Å²) in [7, 11) is 1.59. The summed E-state index contributed by atoms with van der Waals surface area (Å²) in [5, 5.41) is 12.5. The van der Waals surface area contributed by atoms with Crippen LogP contribution in [-0.4, -0.2) is 45.7 Å². The average molecular weight is 428 g/mol. The van der Waals surface area contributed by atoms with E-state index < -0.39 is 12.1 Å². The number of hydrogen-bond acceptors (Lipinski definition) is 4. The average Bonchev–Trinajstić information content (AvgIpc) is 3.01. The molecule has 2 aromatic rings. The fourth-order valence-electron chi connectivity index (χ4n) is 2.22. The summed E-state index contributed by atoms with van der Waals surface area (Å²) in [6, 6.07) is 7.60. The van der Waals surface area contributed by atoms with Crippen LogP contribution in [-0.2, 0) is 14.4 Å². The van der Waals surface area contributed by atoms with Crippen LogP contribution in [0.2, 0.25) is 0 Å². The second-order valence-electron chi connectivity index (χ2n) is 6.21. The highest BCUT2D eigenvalue weighted by molar-refractivity contribution is 5.91. The van der Waals surface area contributed by atoms with Crippen molar-refractivity contribution in [1.29, 1.82) is 0 Å². The number of amides is 2. The molecule has 0 aliphatic heterocycles. The lowest BCUT2D eigenvalue weighted by Gasteiger charge is -2.08. The lowest BCUT2D eigenvalue weighted by molar-refractivity contribution is -0.192. The van der Waals surface area contributed by atoms with E-state index in [1.54, 1.807) is 13.4 Å². The van der Waals surface area contributed by atoms with Crippen molar-refractivity contribution in [1.82, 2.24) is 14.9 Å². The number of alkyl halides is 3. The molecule has 0 saturated carbocycles. The molecule has 164 valence electrons. The number of imidazole rings is 1. The Morgan fingerprint density at radius 3 is 2.03 bits per heavy atom. The first-order valence-corrected chi connectivity index (χ1v) is 8.87. The van der Waals surface area contributed by atoms with E-state index in [1.165, 1.54) is 0 Å². The molecule has 0 fully saturated rings. The number of benzene rings is 1. The van der Waals surface area contributed by atoms with Crippen molar-refractivity contribution in [3.63, 3.8) is 0 Å². The van der Waals surface area contributed by atoms with Crippen molar-refractivity contribution < 1.29 is 32.7 Å². The van der Waals surface area contributed by atoms with Gasteiger partial charge in [-0.25, -0.2) is 9.78 Å². The Kier molecular flexibility index (Phi) is 9.03. The number of aryl methyl sites for hydroxylation is 1. The van der Waals surface area contributed by atoms with Gasteiger partial charge in [-0.2, -0.15) is 13.2 Å². The van der Waals surface area contributed by atoms with Crippen molar-refractivity contribution in [2.75, 3.05) is 12.4 Å². The van der Waals surface area contributed by atoms with Gasteiger partial charge in [0.2, 0.25) is 11.8 Å². The van der Waals surface area contributed by atoms with Crippen LogP contribution in [0.15, 0.2) is 30.6 Å². The Bertz CT molecular complexity index is 877. The Morgan fingerprint density at radius 2 is 1.60 bits per heavy atom. The standard InChI is InChI=1S/C17H22N4O2.C2HF3O2/c1-12-13(2)21(11-19-12)15-9-7-14(8-10-15)20-17(23)6-4-5-16(22)18-3;3-2(4,5)1(6)7/h7-11H,4-6H2,1-3H3,(H,18,22)(H,20,23);(H,6,7). The molecule has 0 unspecified atom stereocenters. The first kappa shape index (κ1) is 24.7. The number of nitrogens with zero attached hydrogens (tertiary/aromatic N) is 2. The van der Waals surface area contributed by atoms with E-state index in [0.717, 1.165) is 22.8 Å². The summed E-state index contributed by atoms with van der Waals surface area (Å²) in [5.74, 6) is -2.89. The van der Waals surface area contributed by atoms with Gasteiger partial charge in [-0.15, -0.1) is 0 Å². The molecule has 0 radical (unpaired) electrons. The summed E-state index contributed by atoms with van der Waals surface area (Å²) in [6.45, 7) is 3.99. The molecular formula is C19H23F3N4O4. The van der Waals surface area contributed by atoms with Gasteiger partial charge in [-0.3, -0.25) is 9.59 Å². The largest absolute Gasteiger partial charge is 0.490 e. The van der Waals surface area contributed by atoms with E-state index in [0.29, 0.717) is 19.3 Å². The van der Waals surface area contributed by atoms with Gasteiger partial charge in [0, 0.05) is 37.0 Å². The number of aromatic nitrogens is 2. The first-order valence-electron chi connectivity index (χ1n) is 8.87. The lowest BCUT2D eigenvalue weighted by atomic mass is 10.2. The highest BCUT2D eigenvalue weighted by Crippen LogP contribution is 2.17. The summed E-state index contributed by atoms with van der Waals surface area (Å²) in [5.41, 5.74) is 3.84. The zero-order chi connectivity index (χ0) is 22.9. The van der Waals surface area contributed by atoms with Gasteiger partial charge in [0.05, 0.1) is 12.0 Å². The number of rotatable bonds is 6. The normalized spacial score (nSPS) is 10.6. The quantitative estimate of drug-likeness (QED) is 0.655. The third kappa shape index (κ3) is 7.94. The predicted octanol–water partition coefficient (Wildman–Crippen LogP) is 2.98. The molecule has 2 amide bonds. The molecule has 0 atom stereocenters. The number of carbonyl (C=O) groups excluding carboxylic acids is 2. The number of carboxylic acids is 1. The maximum absolute atomic E-state index is 11.8. The maximum Gasteiger partial charge on any atom is 0.490 e. The van der Waals surface area contributed by atoms with E-state index in [9.17, 15) is 22.8 Å². The number of nitrogens with one attached hydrogen (secondary N) is 2. The summed E-state index contributed by atoms with van der Waals surface area (Å²) < 4.78 is 33.7. The van der Waals surface area contributed by atoms with Gasteiger partial charge in [0.25, 0.3) is 0 Å². The molecule has 2 rings (SSSR count). The molecule has 1 heterocycles. The number of anilines is 1. The second kappa shape index (κ2) is 11.0.